The Morgan fingerprint density at radius 1 is 1.28 bits per heavy atom. The molecule has 4 heterocycles. The average Bonchev–Trinajstić information content (AvgIpc) is 3.01. The van der Waals surface area contributed by atoms with Crippen LogP contribution in [0.15, 0.2) is 24.3 Å². The third-order valence-corrected chi connectivity index (χ3v) is 7.03. The number of carbonyl (C=O) groups excluding carboxylic acids is 1. The van der Waals surface area contributed by atoms with Crippen LogP contribution in [-0.4, -0.2) is 41.0 Å². The number of halogens is 1. The molecule has 1 aromatic carbocycles. The molecule has 1 aromatic heterocycles. The van der Waals surface area contributed by atoms with Gasteiger partial charge in [0, 0.05) is 22.7 Å². The highest BCUT2D eigenvalue weighted by Crippen LogP contribution is 2.33. The summed E-state index contributed by atoms with van der Waals surface area (Å²) in [6.45, 7) is 6.47. The number of aromatic nitrogens is 1. The summed E-state index contributed by atoms with van der Waals surface area (Å²) in [6.07, 6.45) is 2.37. The van der Waals surface area contributed by atoms with Gasteiger partial charge >= 0.3 is 0 Å². The number of amides is 1. The van der Waals surface area contributed by atoms with Gasteiger partial charge in [-0.2, -0.15) is 0 Å². The second-order valence-electron chi connectivity index (χ2n) is 7.05. The molecule has 1 amide bonds. The molecular weight excluding hydrogens is 354 g/mol. The minimum Gasteiger partial charge on any atom is -0.347 e. The molecule has 3 saturated heterocycles. The molecule has 0 radical (unpaired) electrons. The van der Waals surface area contributed by atoms with Gasteiger partial charge < -0.3 is 5.32 Å². The minimum absolute atomic E-state index is 0.0146. The standard InChI is InChI=1S/C19H22ClN3OS/c1-11-17(25-19(21-11)14-3-5-15(20)6-4-14)18(24)22-16-12(2)23-9-7-13(16)8-10-23/h3-6,12-13,16H,7-10H2,1-2H3,(H,22,24). The highest BCUT2D eigenvalue weighted by molar-refractivity contribution is 7.17. The van der Waals surface area contributed by atoms with Crippen molar-refractivity contribution >= 4 is 28.8 Å². The van der Waals surface area contributed by atoms with Gasteiger partial charge in [0.1, 0.15) is 9.88 Å². The van der Waals surface area contributed by atoms with Crippen LogP contribution in [0.25, 0.3) is 10.6 Å². The van der Waals surface area contributed by atoms with Crippen molar-refractivity contribution in [2.24, 2.45) is 5.92 Å². The lowest BCUT2D eigenvalue weighted by Crippen LogP contribution is -2.62. The predicted molar refractivity (Wildman–Crippen MR) is 102 cm³/mol. The van der Waals surface area contributed by atoms with Gasteiger partial charge in [0.05, 0.1) is 5.69 Å². The third-order valence-electron chi connectivity index (χ3n) is 5.57. The molecule has 132 valence electrons. The topological polar surface area (TPSA) is 45.2 Å². The van der Waals surface area contributed by atoms with Gasteiger partial charge in [-0.1, -0.05) is 23.7 Å². The van der Waals surface area contributed by atoms with Crippen LogP contribution in [-0.2, 0) is 0 Å². The lowest BCUT2D eigenvalue weighted by atomic mass is 9.79. The number of nitrogens with zero attached hydrogens (tertiary/aromatic N) is 2. The molecule has 3 aliphatic heterocycles. The summed E-state index contributed by atoms with van der Waals surface area (Å²) in [4.78, 5) is 20.7. The minimum atomic E-state index is 0.0146. The van der Waals surface area contributed by atoms with Gasteiger partial charge in [0.2, 0.25) is 0 Å². The molecule has 6 heteroatoms. The highest BCUT2D eigenvalue weighted by Gasteiger charge is 2.40. The summed E-state index contributed by atoms with van der Waals surface area (Å²) in [6, 6.07) is 8.25. The molecule has 1 N–H and O–H groups in total. The fourth-order valence-corrected chi connectivity index (χ4v) is 5.19. The van der Waals surface area contributed by atoms with E-state index in [2.05, 4.69) is 22.1 Å². The van der Waals surface area contributed by atoms with E-state index in [0.717, 1.165) is 16.3 Å². The first-order valence-corrected chi connectivity index (χ1v) is 10.0. The Bertz CT molecular complexity index is 778. The second kappa shape index (κ2) is 6.71. The van der Waals surface area contributed by atoms with E-state index in [-0.39, 0.29) is 11.9 Å². The molecule has 3 fully saturated rings. The first kappa shape index (κ1) is 17.0. The lowest BCUT2D eigenvalue weighted by Gasteiger charge is -2.49. The largest absolute Gasteiger partial charge is 0.347 e. The van der Waals surface area contributed by atoms with Crippen LogP contribution < -0.4 is 5.32 Å². The van der Waals surface area contributed by atoms with Gasteiger partial charge in [-0.15, -0.1) is 11.3 Å². The van der Waals surface area contributed by atoms with E-state index in [4.69, 9.17) is 11.6 Å². The number of hydrogen-bond donors (Lipinski definition) is 1. The summed E-state index contributed by atoms with van der Waals surface area (Å²) in [7, 11) is 0. The Kier molecular flexibility index (Phi) is 4.56. The molecule has 0 aliphatic carbocycles. The summed E-state index contributed by atoms with van der Waals surface area (Å²) < 4.78 is 0. The SMILES string of the molecule is Cc1nc(-c2ccc(Cl)cc2)sc1C(=O)NC1C2CCN(CC2)C1C. The molecule has 0 spiro atoms. The van der Waals surface area contributed by atoms with Crippen molar-refractivity contribution in [1.82, 2.24) is 15.2 Å². The van der Waals surface area contributed by atoms with Crippen LogP contribution in [0.5, 0.6) is 0 Å². The van der Waals surface area contributed by atoms with Gasteiger partial charge in [0.25, 0.3) is 5.91 Å². The van der Waals surface area contributed by atoms with Crippen LogP contribution in [0.2, 0.25) is 5.02 Å². The number of thiazole rings is 1. The Morgan fingerprint density at radius 3 is 2.60 bits per heavy atom. The van der Waals surface area contributed by atoms with Gasteiger partial charge in [-0.25, -0.2) is 4.98 Å². The molecule has 25 heavy (non-hydrogen) atoms. The molecule has 5 rings (SSSR count). The fourth-order valence-electron chi connectivity index (χ4n) is 4.09. The van der Waals surface area contributed by atoms with Crippen LogP contribution in [0.1, 0.15) is 35.1 Å². The van der Waals surface area contributed by atoms with E-state index in [1.165, 1.54) is 37.3 Å². The summed E-state index contributed by atoms with van der Waals surface area (Å²) in [5.74, 6) is 0.619. The van der Waals surface area contributed by atoms with Crippen molar-refractivity contribution in [3.05, 3.63) is 39.9 Å². The number of carbonyl (C=O) groups is 1. The van der Waals surface area contributed by atoms with Crippen molar-refractivity contribution in [3.8, 4) is 10.6 Å². The second-order valence-corrected chi connectivity index (χ2v) is 8.49. The van der Waals surface area contributed by atoms with E-state index >= 15 is 0 Å². The van der Waals surface area contributed by atoms with Crippen molar-refractivity contribution in [3.63, 3.8) is 0 Å². The third kappa shape index (κ3) is 3.21. The Morgan fingerprint density at radius 2 is 1.96 bits per heavy atom. The van der Waals surface area contributed by atoms with E-state index in [1.807, 2.05) is 31.2 Å². The first-order chi connectivity index (χ1) is 12.0. The van der Waals surface area contributed by atoms with Gasteiger partial charge in [-0.05, 0) is 57.8 Å². The number of fused-ring (bicyclic) bond motifs is 3. The van der Waals surface area contributed by atoms with Gasteiger partial charge in [-0.3, -0.25) is 9.69 Å². The molecule has 2 unspecified atom stereocenters. The maximum absolute atomic E-state index is 12.9. The van der Waals surface area contributed by atoms with Crippen molar-refractivity contribution in [2.75, 3.05) is 13.1 Å². The summed E-state index contributed by atoms with van der Waals surface area (Å²) in [5, 5.41) is 4.86. The predicted octanol–water partition coefficient (Wildman–Crippen LogP) is 3.98. The quantitative estimate of drug-likeness (QED) is 0.882. The molecule has 2 atom stereocenters. The number of rotatable bonds is 3. The van der Waals surface area contributed by atoms with Crippen molar-refractivity contribution in [1.29, 1.82) is 0 Å². The van der Waals surface area contributed by atoms with Crippen molar-refractivity contribution < 1.29 is 4.79 Å². The normalized spacial score (nSPS) is 28.1. The molecule has 0 saturated carbocycles. The maximum Gasteiger partial charge on any atom is 0.263 e. The molecular formula is C19H22ClN3OS. The van der Waals surface area contributed by atoms with Crippen LogP contribution in [0.4, 0.5) is 0 Å². The fraction of sp³-hybridized carbons (Fsp3) is 0.474. The number of aryl methyl sites for hydroxylation is 1. The zero-order valence-electron chi connectivity index (χ0n) is 14.5. The maximum atomic E-state index is 12.9. The van der Waals surface area contributed by atoms with Crippen LogP contribution in [0, 0.1) is 12.8 Å². The van der Waals surface area contributed by atoms with Crippen LogP contribution >= 0.6 is 22.9 Å². The zero-order valence-corrected chi connectivity index (χ0v) is 16.0. The van der Waals surface area contributed by atoms with Crippen LogP contribution in [0.3, 0.4) is 0 Å². The average molecular weight is 376 g/mol. The number of piperidine rings is 3. The molecule has 3 aliphatic rings. The van der Waals surface area contributed by atoms with Gasteiger partial charge in [0.15, 0.2) is 0 Å². The first-order valence-electron chi connectivity index (χ1n) is 8.81. The Labute approximate surface area is 157 Å². The van der Waals surface area contributed by atoms with E-state index in [0.29, 0.717) is 21.9 Å². The smallest absolute Gasteiger partial charge is 0.263 e. The monoisotopic (exact) mass is 375 g/mol. The Hall–Kier alpha value is -1.43. The highest BCUT2D eigenvalue weighted by atomic mass is 35.5. The van der Waals surface area contributed by atoms with E-state index in [1.54, 1.807) is 0 Å². The molecule has 4 nitrogen and oxygen atoms in total. The number of benzene rings is 1. The summed E-state index contributed by atoms with van der Waals surface area (Å²) >= 11 is 7.41. The molecule has 2 aromatic rings. The van der Waals surface area contributed by atoms with E-state index < -0.39 is 0 Å². The zero-order chi connectivity index (χ0) is 17.6. The Balaban J connectivity index is 1.53. The number of nitrogens with one attached hydrogen (secondary N) is 1. The van der Waals surface area contributed by atoms with E-state index in [9.17, 15) is 4.79 Å². The summed E-state index contributed by atoms with van der Waals surface area (Å²) in [5.41, 5.74) is 1.79. The van der Waals surface area contributed by atoms with Crippen molar-refractivity contribution in [2.45, 2.75) is 38.8 Å². The number of hydrogen-bond acceptors (Lipinski definition) is 4. The lowest BCUT2D eigenvalue weighted by molar-refractivity contribution is 0.0218. The molecule has 2 bridgehead atoms.